The van der Waals surface area contributed by atoms with Crippen LogP contribution in [0.1, 0.15) is 39.3 Å². The third-order valence-electron chi connectivity index (χ3n) is 4.05. The van der Waals surface area contributed by atoms with Crippen LogP contribution in [0.4, 0.5) is 0 Å². The maximum Gasteiger partial charge on any atom is 0.0948 e. The van der Waals surface area contributed by atoms with Crippen molar-refractivity contribution in [2.75, 3.05) is 19.6 Å². The van der Waals surface area contributed by atoms with Gasteiger partial charge >= 0.3 is 0 Å². The topological polar surface area (TPSA) is 33.1 Å². The van der Waals surface area contributed by atoms with Crippen LogP contribution < -0.4 is 5.32 Å². The van der Waals surface area contributed by atoms with Gasteiger partial charge in [0.15, 0.2) is 0 Å². The number of likely N-dealkylation sites (tertiary alicyclic amines) is 1. The molecule has 108 valence electrons. The molecule has 1 aromatic heterocycles. The molecule has 0 aromatic carbocycles. The van der Waals surface area contributed by atoms with Gasteiger partial charge in [-0.1, -0.05) is 6.92 Å². The Hall–Kier alpha value is -0.870. The van der Waals surface area contributed by atoms with E-state index in [-0.39, 0.29) is 0 Å². The summed E-state index contributed by atoms with van der Waals surface area (Å²) in [6.07, 6.45) is 6.42. The molecule has 1 aliphatic heterocycles. The van der Waals surface area contributed by atoms with Crippen molar-refractivity contribution in [3.05, 3.63) is 18.2 Å². The third kappa shape index (κ3) is 4.05. The van der Waals surface area contributed by atoms with E-state index in [1.54, 1.807) is 0 Å². The van der Waals surface area contributed by atoms with Gasteiger partial charge < -0.3 is 14.8 Å². The maximum absolute atomic E-state index is 4.24. The number of nitrogens with one attached hydrogen (secondary N) is 1. The number of hydrogen-bond acceptors (Lipinski definition) is 3. The first kappa shape index (κ1) is 14.5. The van der Waals surface area contributed by atoms with Gasteiger partial charge in [-0.15, -0.1) is 0 Å². The molecular weight excluding hydrogens is 236 g/mol. The van der Waals surface area contributed by atoms with Gasteiger partial charge in [-0.25, -0.2) is 4.98 Å². The minimum absolute atomic E-state index is 0.691. The minimum Gasteiger partial charge on any atom is -0.333 e. The summed E-state index contributed by atoms with van der Waals surface area (Å²) in [6.45, 7) is 12.4. The van der Waals surface area contributed by atoms with Crippen molar-refractivity contribution in [2.45, 2.75) is 52.7 Å². The molecule has 1 N–H and O–H groups in total. The lowest BCUT2D eigenvalue weighted by Crippen LogP contribution is -2.30. The van der Waals surface area contributed by atoms with Gasteiger partial charge in [0, 0.05) is 31.9 Å². The molecular formula is C15H28N4. The first-order valence-electron chi connectivity index (χ1n) is 7.64. The van der Waals surface area contributed by atoms with Crippen molar-refractivity contribution in [3.8, 4) is 0 Å². The standard InChI is InChI=1S/C15H28N4/c1-4-6-19-12-17-10-15(19)9-16-8-14-5-7-18(11-14)13(2)3/h10,12-14,16H,4-9,11H2,1-3H3. The molecule has 0 spiro atoms. The molecule has 0 bridgehead atoms. The second kappa shape index (κ2) is 7.06. The molecule has 2 heterocycles. The number of hydrogen-bond donors (Lipinski definition) is 1. The van der Waals surface area contributed by atoms with Gasteiger partial charge in [0.2, 0.25) is 0 Å². The Morgan fingerprint density at radius 1 is 1.47 bits per heavy atom. The lowest BCUT2D eigenvalue weighted by Gasteiger charge is -2.20. The smallest absolute Gasteiger partial charge is 0.0948 e. The summed E-state index contributed by atoms with van der Waals surface area (Å²) in [7, 11) is 0. The van der Waals surface area contributed by atoms with Crippen LogP contribution in [-0.4, -0.2) is 40.1 Å². The highest BCUT2D eigenvalue weighted by Gasteiger charge is 2.23. The molecule has 0 aliphatic carbocycles. The molecule has 0 saturated carbocycles. The van der Waals surface area contributed by atoms with Gasteiger partial charge in [-0.2, -0.15) is 0 Å². The van der Waals surface area contributed by atoms with E-state index in [2.05, 4.69) is 40.5 Å². The zero-order valence-electron chi connectivity index (χ0n) is 12.6. The fourth-order valence-corrected chi connectivity index (χ4v) is 2.84. The summed E-state index contributed by atoms with van der Waals surface area (Å²) in [5.41, 5.74) is 1.31. The van der Waals surface area contributed by atoms with E-state index < -0.39 is 0 Å². The molecule has 4 heteroatoms. The Kier molecular flexibility index (Phi) is 5.40. The molecule has 1 aliphatic rings. The van der Waals surface area contributed by atoms with Gasteiger partial charge in [-0.05, 0) is 45.7 Å². The van der Waals surface area contributed by atoms with Crippen molar-refractivity contribution in [1.29, 1.82) is 0 Å². The fourth-order valence-electron chi connectivity index (χ4n) is 2.84. The Balaban J connectivity index is 1.71. The van der Waals surface area contributed by atoms with Crippen molar-refractivity contribution >= 4 is 0 Å². The van der Waals surface area contributed by atoms with Crippen molar-refractivity contribution in [3.63, 3.8) is 0 Å². The summed E-state index contributed by atoms with van der Waals surface area (Å²) in [4.78, 5) is 6.82. The van der Waals surface area contributed by atoms with Crippen molar-refractivity contribution in [2.24, 2.45) is 5.92 Å². The Morgan fingerprint density at radius 2 is 2.32 bits per heavy atom. The van der Waals surface area contributed by atoms with Crippen LogP contribution in [0.15, 0.2) is 12.5 Å². The van der Waals surface area contributed by atoms with Crippen LogP contribution in [0.25, 0.3) is 0 Å². The molecule has 0 amide bonds. The quantitative estimate of drug-likeness (QED) is 0.819. The predicted octanol–water partition coefficient (Wildman–Crippen LogP) is 2.11. The van der Waals surface area contributed by atoms with Gasteiger partial charge in [0.05, 0.1) is 12.0 Å². The summed E-state index contributed by atoms with van der Waals surface area (Å²) in [5.74, 6) is 0.810. The van der Waals surface area contributed by atoms with E-state index >= 15 is 0 Å². The molecule has 1 unspecified atom stereocenters. The SMILES string of the molecule is CCCn1cncc1CNCC1CCN(C(C)C)C1. The second-order valence-electron chi connectivity index (χ2n) is 5.95. The molecule has 0 radical (unpaired) electrons. The van der Waals surface area contributed by atoms with Crippen LogP contribution >= 0.6 is 0 Å². The second-order valence-corrected chi connectivity index (χ2v) is 5.95. The zero-order valence-corrected chi connectivity index (χ0v) is 12.6. The number of aromatic nitrogens is 2. The van der Waals surface area contributed by atoms with E-state index in [0.29, 0.717) is 6.04 Å². The largest absolute Gasteiger partial charge is 0.333 e. The predicted molar refractivity (Wildman–Crippen MR) is 79.0 cm³/mol. The van der Waals surface area contributed by atoms with Crippen LogP contribution in [0.2, 0.25) is 0 Å². The first-order chi connectivity index (χ1) is 9.20. The molecule has 1 atom stereocenters. The lowest BCUT2D eigenvalue weighted by atomic mass is 10.1. The average molecular weight is 264 g/mol. The fraction of sp³-hybridized carbons (Fsp3) is 0.800. The number of aryl methyl sites for hydroxylation is 1. The third-order valence-corrected chi connectivity index (χ3v) is 4.05. The Morgan fingerprint density at radius 3 is 3.00 bits per heavy atom. The van der Waals surface area contributed by atoms with Crippen LogP contribution in [0, 0.1) is 5.92 Å². The monoisotopic (exact) mass is 264 g/mol. The molecule has 2 rings (SSSR count). The highest BCUT2D eigenvalue weighted by molar-refractivity contribution is 4.98. The normalized spacial score (nSPS) is 20.5. The summed E-state index contributed by atoms with van der Waals surface area (Å²) < 4.78 is 2.25. The molecule has 19 heavy (non-hydrogen) atoms. The molecule has 1 aromatic rings. The maximum atomic E-state index is 4.24. The average Bonchev–Trinajstić information content (AvgIpc) is 3.00. The van der Waals surface area contributed by atoms with E-state index in [1.165, 1.54) is 25.2 Å². The van der Waals surface area contributed by atoms with Gasteiger partial charge in [-0.3, -0.25) is 0 Å². The van der Waals surface area contributed by atoms with E-state index in [4.69, 9.17) is 0 Å². The summed E-state index contributed by atoms with van der Waals surface area (Å²) >= 11 is 0. The molecule has 1 fully saturated rings. The summed E-state index contributed by atoms with van der Waals surface area (Å²) in [6, 6.07) is 0.691. The van der Waals surface area contributed by atoms with Crippen LogP contribution in [0.3, 0.4) is 0 Å². The summed E-state index contributed by atoms with van der Waals surface area (Å²) in [5, 5.41) is 3.60. The molecule has 4 nitrogen and oxygen atoms in total. The van der Waals surface area contributed by atoms with Crippen LogP contribution in [-0.2, 0) is 13.1 Å². The van der Waals surface area contributed by atoms with E-state index in [9.17, 15) is 0 Å². The van der Waals surface area contributed by atoms with E-state index in [1.807, 2.05) is 12.5 Å². The van der Waals surface area contributed by atoms with Crippen LogP contribution in [0.5, 0.6) is 0 Å². The highest BCUT2D eigenvalue weighted by atomic mass is 15.2. The Labute approximate surface area is 117 Å². The van der Waals surface area contributed by atoms with Crippen molar-refractivity contribution in [1.82, 2.24) is 19.8 Å². The number of rotatable bonds is 7. The van der Waals surface area contributed by atoms with Gasteiger partial charge in [0.1, 0.15) is 0 Å². The lowest BCUT2D eigenvalue weighted by molar-refractivity contribution is 0.264. The zero-order chi connectivity index (χ0) is 13.7. The minimum atomic E-state index is 0.691. The highest BCUT2D eigenvalue weighted by Crippen LogP contribution is 2.17. The van der Waals surface area contributed by atoms with Gasteiger partial charge in [0.25, 0.3) is 0 Å². The van der Waals surface area contributed by atoms with Crippen molar-refractivity contribution < 1.29 is 0 Å². The van der Waals surface area contributed by atoms with E-state index in [0.717, 1.165) is 32.0 Å². The number of imidazole rings is 1. The first-order valence-corrected chi connectivity index (χ1v) is 7.64. The molecule has 1 saturated heterocycles. The Bertz CT molecular complexity index is 372. The number of nitrogens with zero attached hydrogens (tertiary/aromatic N) is 3.